The molecule has 29 heavy (non-hydrogen) atoms. The van der Waals surface area contributed by atoms with Gasteiger partial charge in [0.05, 0.1) is 19.8 Å². The number of aryl methyl sites for hydroxylation is 1. The first-order valence-electron chi connectivity index (χ1n) is 10.8. The normalized spacial score (nSPS) is 27.3. The molecule has 0 amide bonds. The van der Waals surface area contributed by atoms with E-state index < -0.39 is 5.60 Å². The molecule has 2 aromatic carbocycles. The van der Waals surface area contributed by atoms with E-state index in [1.165, 1.54) is 17.5 Å². The molecule has 156 valence electrons. The van der Waals surface area contributed by atoms with Crippen molar-refractivity contribution < 1.29 is 14.6 Å². The SMILES string of the molecule is COc1ccc(OC)c([C@@H]2[C@@H]3CCCC[C@@]3(O)CCN2Cc2ccc(C)cc2)c1. The van der Waals surface area contributed by atoms with E-state index in [4.69, 9.17) is 9.47 Å². The number of hydrogen-bond acceptors (Lipinski definition) is 4. The number of fused-ring (bicyclic) bond motifs is 1. The Labute approximate surface area is 174 Å². The summed E-state index contributed by atoms with van der Waals surface area (Å²) in [6, 6.07) is 15.0. The van der Waals surface area contributed by atoms with E-state index in [1.54, 1.807) is 14.2 Å². The fourth-order valence-electron chi connectivity index (χ4n) is 5.33. The number of rotatable bonds is 5. The summed E-state index contributed by atoms with van der Waals surface area (Å²) in [6.07, 6.45) is 5.08. The fraction of sp³-hybridized carbons (Fsp3) is 0.520. The highest BCUT2D eigenvalue weighted by Crippen LogP contribution is 2.51. The van der Waals surface area contributed by atoms with Gasteiger partial charge in [-0.2, -0.15) is 0 Å². The van der Waals surface area contributed by atoms with Crippen molar-refractivity contribution in [1.82, 2.24) is 4.90 Å². The smallest absolute Gasteiger partial charge is 0.123 e. The third-order valence-electron chi connectivity index (χ3n) is 6.93. The van der Waals surface area contributed by atoms with Gasteiger partial charge in [-0.25, -0.2) is 0 Å². The van der Waals surface area contributed by atoms with Crippen LogP contribution in [0.2, 0.25) is 0 Å². The molecular weight excluding hydrogens is 362 g/mol. The number of aliphatic hydroxyl groups is 1. The van der Waals surface area contributed by atoms with Gasteiger partial charge >= 0.3 is 0 Å². The standard InChI is InChI=1S/C25H33NO3/c1-18-7-9-19(10-8-18)17-26-15-14-25(27)13-5-4-6-22(25)24(26)21-16-20(28-2)11-12-23(21)29-3/h7-12,16,22,24,27H,4-6,13-15,17H2,1-3H3/t22-,24+,25+/m0/s1. The molecule has 2 fully saturated rings. The number of ether oxygens (including phenoxy) is 2. The Morgan fingerprint density at radius 1 is 1.03 bits per heavy atom. The zero-order chi connectivity index (χ0) is 20.4. The second kappa shape index (κ2) is 8.37. The van der Waals surface area contributed by atoms with Crippen LogP contribution in [0.4, 0.5) is 0 Å². The Kier molecular flexibility index (Phi) is 5.84. The van der Waals surface area contributed by atoms with Crippen molar-refractivity contribution in [3.05, 3.63) is 59.2 Å². The predicted octanol–water partition coefficient (Wildman–Crippen LogP) is 4.88. The molecule has 0 spiro atoms. The Morgan fingerprint density at radius 3 is 2.55 bits per heavy atom. The largest absolute Gasteiger partial charge is 0.497 e. The maximum Gasteiger partial charge on any atom is 0.123 e. The number of nitrogens with zero attached hydrogens (tertiary/aromatic N) is 1. The van der Waals surface area contributed by atoms with Gasteiger partial charge < -0.3 is 14.6 Å². The van der Waals surface area contributed by atoms with Crippen molar-refractivity contribution in [3.63, 3.8) is 0 Å². The quantitative estimate of drug-likeness (QED) is 0.783. The van der Waals surface area contributed by atoms with Crippen LogP contribution < -0.4 is 9.47 Å². The van der Waals surface area contributed by atoms with Crippen LogP contribution in [0, 0.1) is 12.8 Å². The third-order valence-corrected chi connectivity index (χ3v) is 6.93. The molecule has 4 nitrogen and oxygen atoms in total. The Bertz CT molecular complexity index is 834. The van der Waals surface area contributed by atoms with E-state index in [9.17, 15) is 5.11 Å². The van der Waals surface area contributed by atoms with Crippen molar-refractivity contribution in [2.75, 3.05) is 20.8 Å². The molecule has 1 saturated heterocycles. The van der Waals surface area contributed by atoms with Crippen molar-refractivity contribution >= 4 is 0 Å². The van der Waals surface area contributed by atoms with Gasteiger partial charge in [0.15, 0.2) is 0 Å². The van der Waals surface area contributed by atoms with E-state index in [-0.39, 0.29) is 12.0 Å². The second-order valence-corrected chi connectivity index (χ2v) is 8.71. The van der Waals surface area contributed by atoms with E-state index in [0.717, 1.165) is 55.8 Å². The molecule has 1 aliphatic carbocycles. The van der Waals surface area contributed by atoms with Crippen LogP contribution in [-0.4, -0.2) is 36.4 Å². The summed E-state index contributed by atoms with van der Waals surface area (Å²) in [7, 11) is 3.43. The Morgan fingerprint density at radius 2 is 1.83 bits per heavy atom. The molecular formula is C25H33NO3. The number of benzene rings is 2. The summed E-state index contributed by atoms with van der Waals surface area (Å²) >= 11 is 0. The van der Waals surface area contributed by atoms with Gasteiger partial charge in [-0.1, -0.05) is 42.7 Å². The zero-order valence-corrected chi connectivity index (χ0v) is 17.9. The average molecular weight is 396 g/mol. The van der Waals surface area contributed by atoms with Crippen molar-refractivity contribution in [2.24, 2.45) is 5.92 Å². The van der Waals surface area contributed by atoms with Crippen LogP contribution in [0.15, 0.2) is 42.5 Å². The lowest BCUT2D eigenvalue weighted by Crippen LogP contribution is -2.54. The second-order valence-electron chi connectivity index (χ2n) is 8.71. The van der Waals surface area contributed by atoms with Crippen molar-refractivity contribution in [1.29, 1.82) is 0 Å². The van der Waals surface area contributed by atoms with Gasteiger partial charge in [0.2, 0.25) is 0 Å². The third kappa shape index (κ3) is 4.01. The fourth-order valence-corrected chi connectivity index (χ4v) is 5.33. The number of likely N-dealkylation sites (tertiary alicyclic amines) is 1. The first kappa shape index (κ1) is 20.2. The van der Waals surface area contributed by atoms with Crippen LogP contribution in [0.25, 0.3) is 0 Å². The average Bonchev–Trinajstić information content (AvgIpc) is 2.74. The molecule has 2 aromatic rings. The van der Waals surface area contributed by atoms with E-state index in [0.29, 0.717) is 0 Å². The van der Waals surface area contributed by atoms with Gasteiger partial charge in [-0.15, -0.1) is 0 Å². The topological polar surface area (TPSA) is 41.9 Å². The minimum absolute atomic E-state index is 0.111. The molecule has 3 atom stereocenters. The number of piperidine rings is 1. The Balaban J connectivity index is 1.75. The molecule has 0 bridgehead atoms. The zero-order valence-electron chi connectivity index (χ0n) is 17.9. The lowest BCUT2D eigenvalue weighted by atomic mass is 9.66. The highest BCUT2D eigenvalue weighted by molar-refractivity contribution is 5.43. The summed E-state index contributed by atoms with van der Waals surface area (Å²) in [5.74, 6) is 1.91. The molecule has 0 aromatic heterocycles. The predicted molar refractivity (Wildman–Crippen MR) is 115 cm³/mol. The summed E-state index contributed by atoms with van der Waals surface area (Å²) in [6.45, 7) is 3.88. The van der Waals surface area contributed by atoms with E-state index >= 15 is 0 Å². The monoisotopic (exact) mass is 395 g/mol. The maximum absolute atomic E-state index is 11.5. The molecule has 4 heteroatoms. The van der Waals surface area contributed by atoms with Crippen LogP contribution in [0.3, 0.4) is 0 Å². The molecule has 1 N–H and O–H groups in total. The summed E-state index contributed by atoms with van der Waals surface area (Å²) in [5.41, 5.74) is 3.13. The highest BCUT2D eigenvalue weighted by atomic mass is 16.5. The molecule has 1 heterocycles. The first-order chi connectivity index (χ1) is 14.0. The highest BCUT2D eigenvalue weighted by Gasteiger charge is 2.49. The number of methoxy groups -OCH3 is 2. The summed E-state index contributed by atoms with van der Waals surface area (Å²) in [5, 5.41) is 11.5. The molecule has 0 radical (unpaired) electrons. The van der Waals surface area contributed by atoms with Crippen LogP contribution in [0.1, 0.15) is 54.8 Å². The molecule has 2 aliphatic rings. The van der Waals surface area contributed by atoms with Gasteiger partial charge in [0.1, 0.15) is 11.5 Å². The minimum Gasteiger partial charge on any atom is -0.497 e. The van der Waals surface area contributed by atoms with Gasteiger partial charge in [0.25, 0.3) is 0 Å². The van der Waals surface area contributed by atoms with Gasteiger partial charge in [0, 0.05) is 30.6 Å². The van der Waals surface area contributed by atoms with Gasteiger partial charge in [-0.3, -0.25) is 4.90 Å². The molecule has 1 saturated carbocycles. The molecule has 0 unspecified atom stereocenters. The van der Waals surface area contributed by atoms with Crippen molar-refractivity contribution in [3.8, 4) is 11.5 Å². The lowest BCUT2D eigenvalue weighted by molar-refractivity contribution is -0.126. The van der Waals surface area contributed by atoms with E-state index in [2.05, 4.69) is 42.2 Å². The minimum atomic E-state index is -0.583. The maximum atomic E-state index is 11.5. The van der Waals surface area contributed by atoms with Crippen LogP contribution in [0.5, 0.6) is 11.5 Å². The van der Waals surface area contributed by atoms with Gasteiger partial charge in [-0.05, 0) is 49.9 Å². The molecule has 1 aliphatic heterocycles. The van der Waals surface area contributed by atoms with Crippen molar-refractivity contribution in [2.45, 2.75) is 57.2 Å². The summed E-state index contributed by atoms with van der Waals surface area (Å²) < 4.78 is 11.3. The Hall–Kier alpha value is -2.04. The first-order valence-corrected chi connectivity index (χ1v) is 10.8. The molecule has 4 rings (SSSR count). The lowest BCUT2D eigenvalue weighted by Gasteiger charge is -2.53. The summed E-state index contributed by atoms with van der Waals surface area (Å²) in [4.78, 5) is 2.53. The van der Waals surface area contributed by atoms with E-state index in [1.807, 2.05) is 12.1 Å². The van der Waals surface area contributed by atoms with Crippen LogP contribution >= 0.6 is 0 Å². The van der Waals surface area contributed by atoms with Crippen LogP contribution in [-0.2, 0) is 6.54 Å². The number of hydrogen-bond donors (Lipinski definition) is 1.